The van der Waals surface area contributed by atoms with E-state index in [0.717, 1.165) is 0 Å². The second kappa shape index (κ2) is 4.78. The van der Waals surface area contributed by atoms with Crippen molar-refractivity contribution in [1.82, 2.24) is 0 Å². The predicted molar refractivity (Wildman–Crippen MR) is 29.6 cm³/mol. The van der Waals surface area contributed by atoms with Gasteiger partial charge in [0, 0.05) is 0 Å². The molecule has 2 nitrogen and oxygen atoms in total. The van der Waals surface area contributed by atoms with E-state index in [1.807, 2.05) is 0 Å². The molecule has 0 rings (SSSR count). The summed E-state index contributed by atoms with van der Waals surface area (Å²) in [6.07, 6.45) is 0. The lowest BCUT2D eigenvalue weighted by atomic mass is 15.9. The minimum atomic E-state index is -2.43. The Morgan fingerprint density at radius 2 is 1.40 bits per heavy atom. The maximum absolute atomic E-state index is 8.90. The molecule has 0 radical (unpaired) electrons. The van der Waals surface area contributed by atoms with Crippen LogP contribution in [0.4, 0.5) is 0 Å². The molecule has 0 spiro atoms. The van der Waals surface area contributed by atoms with Crippen LogP contribution in [0, 0.1) is 0 Å². The Kier molecular flexibility index (Phi) is 8.84. The lowest BCUT2D eigenvalue weighted by molar-refractivity contribution is 0.627. The Labute approximate surface area is 47.1 Å². The highest BCUT2D eigenvalue weighted by atomic mass is 79.9. The molecule has 0 unspecified atom stereocenters. The molecule has 0 aliphatic carbocycles. The first-order chi connectivity index (χ1) is 1.73. The van der Waals surface area contributed by atoms with Crippen LogP contribution in [-0.2, 0) is 9.74 Å². The van der Waals surface area contributed by atoms with Gasteiger partial charge in [0.25, 0.3) is 0 Å². The van der Waals surface area contributed by atoms with E-state index in [1.54, 1.807) is 0 Å². The Morgan fingerprint density at radius 1 is 1.40 bits per heavy atom. The number of rotatable bonds is 0. The van der Waals surface area contributed by atoms with Gasteiger partial charge in [-0.2, -0.15) is 0 Å². The summed E-state index contributed by atoms with van der Waals surface area (Å²) in [6.45, 7) is 0. The van der Waals surface area contributed by atoms with Gasteiger partial charge in [-0.05, 0) is 0 Å². The molecule has 5 heteroatoms. The molecule has 0 saturated heterocycles. The van der Waals surface area contributed by atoms with Gasteiger partial charge in [0.15, 0.2) is 9.74 Å². The second-order valence-corrected chi connectivity index (χ2v) is 1.69. The van der Waals surface area contributed by atoms with Crippen LogP contribution in [0.5, 0.6) is 0 Å². The summed E-state index contributed by atoms with van der Waals surface area (Å²) in [5.41, 5.74) is 0. The average molecular weight is 179 g/mol. The molecule has 0 heterocycles. The lowest BCUT2D eigenvalue weighted by Gasteiger charge is -1.40. The Morgan fingerprint density at radius 3 is 1.40 bits per heavy atom. The third-order valence-corrected chi connectivity index (χ3v) is 0. The van der Waals surface area contributed by atoms with Gasteiger partial charge in [-0.3, -0.25) is 0 Å². The van der Waals surface area contributed by atoms with Gasteiger partial charge in [0.05, 0.1) is 0 Å². The van der Waals surface area contributed by atoms with Crippen molar-refractivity contribution in [2.45, 2.75) is 0 Å². The number of hydrogen-bond donors (Lipinski definition) is 2. The molecule has 0 aliphatic rings. The van der Waals surface area contributed by atoms with Crippen LogP contribution in [0.25, 0.3) is 0 Å². The van der Waals surface area contributed by atoms with Gasteiger partial charge in [-0.25, -0.2) is 8.42 Å². The van der Waals surface area contributed by atoms with Gasteiger partial charge in [0.1, 0.15) is 0 Å². The molecule has 0 amide bonds. The molecule has 0 aromatic rings. The summed E-state index contributed by atoms with van der Waals surface area (Å²) in [7, 11) is -2.43. The predicted octanol–water partition coefficient (Wildman–Crippen LogP) is 0.0205. The van der Waals surface area contributed by atoms with Crippen molar-refractivity contribution in [3.05, 3.63) is 0 Å². The third-order valence-electron chi connectivity index (χ3n) is 0. The van der Waals surface area contributed by atoms with E-state index in [-0.39, 0.29) is 17.0 Å². The molecule has 0 aromatic heterocycles. The van der Waals surface area contributed by atoms with Crippen molar-refractivity contribution in [1.29, 1.82) is 0 Å². The van der Waals surface area contributed by atoms with Crippen molar-refractivity contribution in [3.63, 3.8) is 0 Å². The molecular formula is H3BrO2S2. The van der Waals surface area contributed by atoms with E-state index in [9.17, 15) is 0 Å². The molecule has 5 heavy (non-hydrogen) atoms. The Balaban J connectivity index is 0. The highest BCUT2D eigenvalue weighted by Gasteiger charge is 1.45. The van der Waals surface area contributed by atoms with Crippen LogP contribution >= 0.6 is 28.6 Å². The largest absolute Gasteiger partial charge is 0.221 e. The van der Waals surface area contributed by atoms with E-state index < -0.39 is 9.74 Å². The summed E-state index contributed by atoms with van der Waals surface area (Å²) in [5, 5.41) is 0. The maximum Gasteiger partial charge on any atom is 0.188 e. The zero-order valence-corrected chi connectivity index (χ0v) is 5.62. The van der Waals surface area contributed by atoms with Crippen LogP contribution in [0.2, 0.25) is 0 Å². The van der Waals surface area contributed by atoms with Gasteiger partial charge >= 0.3 is 0 Å². The van der Waals surface area contributed by atoms with Crippen molar-refractivity contribution >= 4 is 38.4 Å². The van der Waals surface area contributed by atoms with E-state index in [4.69, 9.17) is 8.42 Å². The van der Waals surface area contributed by atoms with E-state index >= 15 is 0 Å². The minimum Gasteiger partial charge on any atom is -0.221 e. The van der Waals surface area contributed by atoms with Crippen molar-refractivity contribution in [3.8, 4) is 0 Å². The molecule has 0 atom stereocenters. The molecular weight excluding hydrogens is 176 g/mol. The van der Waals surface area contributed by atoms with E-state index in [2.05, 4.69) is 11.7 Å². The van der Waals surface area contributed by atoms with Crippen LogP contribution < -0.4 is 0 Å². The highest BCUT2D eigenvalue weighted by molar-refractivity contribution is 8.93. The summed E-state index contributed by atoms with van der Waals surface area (Å²) >= 11 is 2.92. The zero-order chi connectivity index (χ0) is 3.58. The van der Waals surface area contributed by atoms with Crippen LogP contribution in [0.3, 0.4) is 0 Å². The second-order valence-electron chi connectivity index (χ2n) is 0.238. The first-order valence-corrected chi connectivity index (χ1v) is 2.90. The summed E-state index contributed by atoms with van der Waals surface area (Å²) < 4.78 is 17.8. The van der Waals surface area contributed by atoms with Gasteiger partial charge in [-0.15, -0.1) is 17.0 Å². The lowest BCUT2D eigenvalue weighted by Crippen LogP contribution is -1.41. The molecule has 0 bridgehead atoms. The summed E-state index contributed by atoms with van der Waals surface area (Å²) in [4.78, 5) is 0. The van der Waals surface area contributed by atoms with Crippen molar-refractivity contribution in [2.75, 3.05) is 0 Å². The Hall–Kier alpha value is 0.780. The fourth-order valence-corrected chi connectivity index (χ4v) is 0. The van der Waals surface area contributed by atoms with E-state index in [0.29, 0.717) is 0 Å². The normalized spacial score (nSPS) is 6.80. The maximum atomic E-state index is 8.90. The minimum absolute atomic E-state index is 0. The first kappa shape index (κ1) is 9.24. The number of hydrogen-bond acceptors (Lipinski definition) is 2. The van der Waals surface area contributed by atoms with Gasteiger partial charge < -0.3 is 0 Å². The summed E-state index contributed by atoms with van der Waals surface area (Å²) in [5.74, 6) is 0. The Bertz CT molecular complexity index is 56.0. The molecule has 34 valence electrons. The molecule has 0 aliphatic heterocycles. The molecule has 0 saturated carbocycles. The fraction of sp³-hybridized carbons (Fsp3) is 0. The van der Waals surface area contributed by atoms with Gasteiger partial charge in [-0.1, -0.05) is 11.7 Å². The first-order valence-electron chi connectivity index (χ1n) is 0.565. The smallest absolute Gasteiger partial charge is 0.188 e. The van der Waals surface area contributed by atoms with Crippen molar-refractivity contribution in [2.24, 2.45) is 0 Å². The zero-order valence-electron chi connectivity index (χ0n) is 2.12. The van der Waals surface area contributed by atoms with E-state index in [1.165, 1.54) is 0 Å². The SMILES string of the molecule is Br.O=[SH](=O)S. The van der Waals surface area contributed by atoms with Crippen LogP contribution in [0.15, 0.2) is 0 Å². The van der Waals surface area contributed by atoms with Crippen LogP contribution in [0.1, 0.15) is 0 Å². The number of halogens is 1. The molecule has 0 fully saturated rings. The van der Waals surface area contributed by atoms with Gasteiger partial charge in [0.2, 0.25) is 0 Å². The highest BCUT2D eigenvalue weighted by Crippen LogP contribution is 1.59. The topological polar surface area (TPSA) is 34.1 Å². The van der Waals surface area contributed by atoms with Crippen LogP contribution in [-0.4, -0.2) is 8.42 Å². The van der Waals surface area contributed by atoms with Crippen molar-refractivity contribution < 1.29 is 8.42 Å². The molecule has 0 aromatic carbocycles. The number of thiol groups is 2. The monoisotopic (exact) mass is 178 g/mol. The summed E-state index contributed by atoms with van der Waals surface area (Å²) in [6, 6.07) is 0. The quantitative estimate of drug-likeness (QED) is 0.406. The average Bonchev–Trinajstić information content (AvgIpc) is 0.811. The standard InChI is InChI=1S/BrH.H2O2S2/c;1-4(2)3/h1H;4H,(H,1,2,3). The third kappa shape index (κ3) is 60.7. The fourth-order valence-electron chi connectivity index (χ4n) is 0. The molecule has 0 N–H and O–H groups in total.